The van der Waals surface area contributed by atoms with Gasteiger partial charge in [0.05, 0.1) is 12.8 Å². The Hall–Kier alpha value is -1.45. The van der Waals surface area contributed by atoms with Gasteiger partial charge < -0.3 is 15.8 Å². The van der Waals surface area contributed by atoms with Gasteiger partial charge in [0, 0.05) is 12.1 Å². The third kappa shape index (κ3) is 3.02. The number of aromatic nitrogens is 1. The summed E-state index contributed by atoms with van der Waals surface area (Å²) in [5, 5.41) is 3.32. The van der Waals surface area contributed by atoms with Gasteiger partial charge in [0.1, 0.15) is 0 Å². The minimum atomic E-state index is 0.340. The Balaban J connectivity index is 2.79. The molecule has 0 radical (unpaired) electrons. The molecule has 0 aromatic carbocycles. The Bertz CT molecular complexity index is 341. The summed E-state index contributed by atoms with van der Waals surface area (Å²) in [5.74, 6) is 1.85. The molecule has 0 aliphatic carbocycles. The van der Waals surface area contributed by atoms with E-state index in [9.17, 15) is 0 Å². The second-order valence-electron chi connectivity index (χ2n) is 4.11. The standard InChI is InChI=1S/C12H21N3O/c1-5-8(2)9(3)14-12-10(13)6-7-11(15-12)16-4/h6-9H,5,13H2,1-4H3,(H,14,15). The highest BCUT2D eigenvalue weighted by molar-refractivity contribution is 5.62. The van der Waals surface area contributed by atoms with Gasteiger partial charge in [-0.25, -0.2) is 0 Å². The molecule has 4 heteroatoms. The van der Waals surface area contributed by atoms with Crippen molar-refractivity contribution in [2.24, 2.45) is 5.92 Å². The predicted molar refractivity (Wildman–Crippen MR) is 67.7 cm³/mol. The van der Waals surface area contributed by atoms with E-state index in [0.717, 1.165) is 6.42 Å². The molecule has 4 nitrogen and oxygen atoms in total. The van der Waals surface area contributed by atoms with E-state index in [1.54, 1.807) is 19.2 Å². The van der Waals surface area contributed by atoms with Gasteiger partial charge in [-0.2, -0.15) is 4.98 Å². The number of nitrogens with two attached hydrogens (primary N) is 1. The number of ether oxygens (including phenoxy) is 1. The third-order valence-corrected chi connectivity index (χ3v) is 2.97. The van der Waals surface area contributed by atoms with E-state index in [2.05, 4.69) is 31.1 Å². The molecule has 1 aromatic rings. The van der Waals surface area contributed by atoms with E-state index in [1.807, 2.05) is 0 Å². The van der Waals surface area contributed by atoms with Crippen molar-refractivity contribution in [1.82, 2.24) is 4.98 Å². The van der Waals surface area contributed by atoms with Crippen molar-refractivity contribution in [3.63, 3.8) is 0 Å². The fraction of sp³-hybridized carbons (Fsp3) is 0.583. The lowest BCUT2D eigenvalue weighted by Gasteiger charge is -2.21. The molecule has 0 saturated carbocycles. The molecule has 0 bridgehead atoms. The number of nitrogens with zero attached hydrogens (tertiary/aromatic N) is 1. The second kappa shape index (κ2) is 5.58. The van der Waals surface area contributed by atoms with Crippen LogP contribution in [0, 0.1) is 5.92 Å². The van der Waals surface area contributed by atoms with E-state index in [4.69, 9.17) is 10.5 Å². The summed E-state index contributed by atoms with van der Waals surface area (Å²) in [6.07, 6.45) is 1.12. The lowest BCUT2D eigenvalue weighted by Crippen LogP contribution is -2.24. The van der Waals surface area contributed by atoms with Crippen molar-refractivity contribution in [3.8, 4) is 5.88 Å². The van der Waals surface area contributed by atoms with Crippen LogP contribution in [0.5, 0.6) is 5.88 Å². The van der Waals surface area contributed by atoms with Crippen LogP contribution in [0.1, 0.15) is 27.2 Å². The molecular weight excluding hydrogens is 202 g/mol. The van der Waals surface area contributed by atoms with Gasteiger partial charge in [0.2, 0.25) is 5.88 Å². The molecule has 0 spiro atoms. The Labute approximate surface area is 97.2 Å². The molecule has 1 aromatic heterocycles. The van der Waals surface area contributed by atoms with Gasteiger partial charge in [-0.15, -0.1) is 0 Å². The fourth-order valence-corrected chi connectivity index (χ4v) is 1.39. The zero-order chi connectivity index (χ0) is 12.1. The first kappa shape index (κ1) is 12.6. The number of nitrogens with one attached hydrogen (secondary N) is 1. The largest absolute Gasteiger partial charge is 0.481 e. The smallest absolute Gasteiger partial charge is 0.215 e. The van der Waals surface area contributed by atoms with Crippen LogP contribution in [-0.4, -0.2) is 18.1 Å². The van der Waals surface area contributed by atoms with Crippen molar-refractivity contribution in [2.45, 2.75) is 33.2 Å². The average Bonchev–Trinajstić information content (AvgIpc) is 2.30. The Kier molecular flexibility index (Phi) is 4.40. The van der Waals surface area contributed by atoms with Crippen LogP contribution in [0.25, 0.3) is 0 Å². The molecule has 1 rings (SSSR count). The van der Waals surface area contributed by atoms with Gasteiger partial charge in [0.15, 0.2) is 5.82 Å². The Morgan fingerprint density at radius 3 is 2.69 bits per heavy atom. The number of hydrogen-bond donors (Lipinski definition) is 2. The minimum Gasteiger partial charge on any atom is -0.481 e. The van der Waals surface area contributed by atoms with E-state index in [-0.39, 0.29) is 0 Å². The van der Waals surface area contributed by atoms with Gasteiger partial charge in [-0.05, 0) is 18.9 Å². The zero-order valence-electron chi connectivity index (χ0n) is 10.4. The lowest BCUT2D eigenvalue weighted by molar-refractivity contribution is 0.398. The monoisotopic (exact) mass is 223 g/mol. The van der Waals surface area contributed by atoms with Crippen LogP contribution in [-0.2, 0) is 0 Å². The Morgan fingerprint density at radius 2 is 2.12 bits per heavy atom. The molecule has 0 saturated heterocycles. The van der Waals surface area contributed by atoms with Crippen molar-refractivity contribution < 1.29 is 4.74 Å². The summed E-state index contributed by atoms with van der Waals surface area (Å²) in [7, 11) is 1.60. The minimum absolute atomic E-state index is 0.340. The molecule has 16 heavy (non-hydrogen) atoms. The van der Waals surface area contributed by atoms with Crippen molar-refractivity contribution in [3.05, 3.63) is 12.1 Å². The highest BCUT2D eigenvalue weighted by Gasteiger charge is 2.12. The van der Waals surface area contributed by atoms with Gasteiger partial charge >= 0.3 is 0 Å². The van der Waals surface area contributed by atoms with Gasteiger partial charge in [0.25, 0.3) is 0 Å². The van der Waals surface area contributed by atoms with Crippen LogP contribution in [0.3, 0.4) is 0 Å². The summed E-state index contributed by atoms with van der Waals surface area (Å²) in [4.78, 5) is 4.29. The van der Waals surface area contributed by atoms with E-state index < -0.39 is 0 Å². The Morgan fingerprint density at radius 1 is 1.44 bits per heavy atom. The maximum Gasteiger partial charge on any atom is 0.215 e. The molecule has 90 valence electrons. The SMILES string of the molecule is CCC(C)C(C)Nc1nc(OC)ccc1N. The second-order valence-corrected chi connectivity index (χ2v) is 4.11. The molecule has 3 N–H and O–H groups in total. The molecule has 2 atom stereocenters. The molecule has 0 amide bonds. The highest BCUT2D eigenvalue weighted by Crippen LogP contribution is 2.22. The van der Waals surface area contributed by atoms with Crippen LogP contribution >= 0.6 is 0 Å². The average molecular weight is 223 g/mol. The lowest BCUT2D eigenvalue weighted by atomic mass is 10.0. The summed E-state index contributed by atoms with van der Waals surface area (Å²) in [6.45, 7) is 6.51. The van der Waals surface area contributed by atoms with Crippen molar-refractivity contribution >= 4 is 11.5 Å². The molecule has 0 aliphatic rings. The molecular formula is C12H21N3O. The molecule has 2 unspecified atom stereocenters. The summed E-state index contributed by atoms with van der Waals surface area (Å²) in [6, 6.07) is 3.90. The van der Waals surface area contributed by atoms with Crippen molar-refractivity contribution in [2.75, 3.05) is 18.2 Å². The van der Waals surface area contributed by atoms with Gasteiger partial charge in [-0.3, -0.25) is 0 Å². The third-order valence-electron chi connectivity index (χ3n) is 2.97. The first-order chi connectivity index (χ1) is 7.58. The number of pyridine rings is 1. The normalized spacial score (nSPS) is 14.2. The number of hydrogen-bond acceptors (Lipinski definition) is 4. The summed E-state index contributed by atoms with van der Waals surface area (Å²) < 4.78 is 5.07. The maximum atomic E-state index is 5.85. The molecule has 0 fully saturated rings. The van der Waals surface area contributed by atoms with Crippen molar-refractivity contribution in [1.29, 1.82) is 0 Å². The maximum absolute atomic E-state index is 5.85. The summed E-state index contributed by atoms with van der Waals surface area (Å²) in [5.41, 5.74) is 6.50. The quantitative estimate of drug-likeness (QED) is 0.805. The number of anilines is 2. The van der Waals surface area contributed by atoms with Crippen LogP contribution in [0.2, 0.25) is 0 Å². The van der Waals surface area contributed by atoms with Crippen LogP contribution in [0.4, 0.5) is 11.5 Å². The molecule has 0 aliphatic heterocycles. The number of nitrogen functional groups attached to an aromatic ring is 1. The fourth-order valence-electron chi connectivity index (χ4n) is 1.39. The first-order valence-corrected chi connectivity index (χ1v) is 5.65. The molecule has 1 heterocycles. The topological polar surface area (TPSA) is 60.2 Å². The summed E-state index contributed by atoms with van der Waals surface area (Å²) >= 11 is 0. The highest BCUT2D eigenvalue weighted by atomic mass is 16.5. The number of rotatable bonds is 5. The van der Waals surface area contributed by atoms with E-state index in [1.165, 1.54) is 0 Å². The number of methoxy groups -OCH3 is 1. The van der Waals surface area contributed by atoms with Crippen LogP contribution < -0.4 is 15.8 Å². The van der Waals surface area contributed by atoms with Crippen LogP contribution in [0.15, 0.2) is 12.1 Å². The van der Waals surface area contributed by atoms with Gasteiger partial charge in [-0.1, -0.05) is 20.3 Å². The first-order valence-electron chi connectivity index (χ1n) is 5.65. The zero-order valence-corrected chi connectivity index (χ0v) is 10.4. The van der Waals surface area contributed by atoms with E-state index >= 15 is 0 Å². The predicted octanol–water partition coefficient (Wildman–Crippen LogP) is 2.52. The van der Waals surface area contributed by atoms with E-state index in [0.29, 0.717) is 29.3 Å².